The Morgan fingerprint density at radius 2 is 1.59 bits per heavy atom. The maximum atomic E-state index is 13.9. The second-order valence-corrected chi connectivity index (χ2v) is 11.7. The number of benzene rings is 3. The zero-order chi connectivity index (χ0) is 28.6. The summed E-state index contributed by atoms with van der Waals surface area (Å²) in [6, 6.07) is 21.5. The number of carbonyl (C=O) groups excluding carboxylic acids is 2. The van der Waals surface area contributed by atoms with E-state index in [1.807, 2.05) is 51.1 Å². The summed E-state index contributed by atoms with van der Waals surface area (Å²) in [6.45, 7) is 7.60. The fourth-order valence-electron chi connectivity index (χ4n) is 3.95. The van der Waals surface area contributed by atoms with Gasteiger partial charge in [-0.25, -0.2) is 8.42 Å². The van der Waals surface area contributed by atoms with Crippen molar-refractivity contribution in [1.29, 1.82) is 0 Å². The minimum atomic E-state index is -4.13. The molecule has 0 unspecified atom stereocenters. The Balaban J connectivity index is 2.02. The monoisotopic (exact) mass is 551 g/mol. The van der Waals surface area contributed by atoms with Gasteiger partial charge in [0.1, 0.15) is 18.3 Å². The minimum absolute atomic E-state index is 0.0565. The Kier molecular flexibility index (Phi) is 10.1. The smallest absolute Gasteiger partial charge is 0.264 e. The Morgan fingerprint density at radius 3 is 2.21 bits per heavy atom. The molecule has 1 N–H and O–H groups in total. The quantitative estimate of drug-likeness (QED) is 0.360. The number of hydrogen-bond donors (Lipinski definition) is 1. The predicted octanol–water partition coefficient (Wildman–Crippen LogP) is 4.39. The lowest BCUT2D eigenvalue weighted by Crippen LogP contribution is -2.51. The van der Waals surface area contributed by atoms with E-state index in [0.717, 1.165) is 15.4 Å². The number of amides is 2. The summed E-state index contributed by atoms with van der Waals surface area (Å²) in [5, 5.41) is 2.88. The third-order valence-corrected chi connectivity index (χ3v) is 8.06. The van der Waals surface area contributed by atoms with E-state index in [4.69, 9.17) is 4.74 Å². The summed E-state index contributed by atoms with van der Waals surface area (Å²) < 4.78 is 34.1. The number of nitrogens with one attached hydrogen (secondary N) is 1. The molecule has 0 radical (unpaired) electrons. The van der Waals surface area contributed by atoms with Gasteiger partial charge in [0.15, 0.2) is 0 Å². The van der Waals surface area contributed by atoms with E-state index in [0.29, 0.717) is 12.3 Å². The molecular formula is C30H37N3O5S. The van der Waals surface area contributed by atoms with Crippen molar-refractivity contribution in [3.63, 3.8) is 0 Å². The molecular weight excluding hydrogens is 514 g/mol. The molecule has 0 bridgehead atoms. The van der Waals surface area contributed by atoms with Crippen LogP contribution in [0.4, 0.5) is 5.69 Å². The number of ether oxygens (including phenoxy) is 1. The van der Waals surface area contributed by atoms with Gasteiger partial charge in [0.2, 0.25) is 11.8 Å². The minimum Gasteiger partial charge on any atom is -0.497 e. The van der Waals surface area contributed by atoms with Crippen molar-refractivity contribution >= 4 is 27.5 Å². The molecule has 9 heteroatoms. The van der Waals surface area contributed by atoms with Gasteiger partial charge in [0, 0.05) is 19.2 Å². The lowest BCUT2D eigenvalue weighted by Gasteiger charge is -2.32. The van der Waals surface area contributed by atoms with E-state index in [9.17, 15) is 18.0 Å². The van der Waals surface area contributed by atoms with Crippen LogP contribution in [0.25, 0.3) is 0 Å². The average molecular weight is 552 g/mol. The van der Waals surface area contributed by atoms with Crippen molar-refractivity contribution in [2.75, 3.05) is 24.5 Å². The van der Waals surface area contributed by atoms with Crippen LogP contribution >= 0.6 is 0 Å². The normalized spacial score (nSPS) is 12.1. The van der Waals surface area contributed by atoms with E-state index in [-0.39, 0.29) is 29.0 Å². The van der Waals surface area contributed by atoms with Crippen LogP contribution in [0.3, 0.4) is 0 Å². The molecule has 3 aromatic carbocycles. The number of hydrogen-bond acceptors (Lipinski definition) is 5. The lowest BCUT2D eigenvalue weighted by atomic mass is 10.1. The van der Waals surface area contributed by atoms with Crippen LogP contribution in [-0.4, -0.2) is 51.4 Å². The molecule has 0 heterocycles. The lowest BCUT2D eigenvalue weighted by molar-refractivity contribution is -0.139. The molecule has 0 saturated carbocycles. The molecule has 1 atom stereocenters. The standard InChI is InChI=1S/C30H37N3O5S/c1-22(2)19-31-30(35)24(4)32(20-25-10-7-6-8-11-25)29(34)21-33(26-12-9-13-27(18-26)38-5)39(36,37)28-16-14-23(3)15-17-28/h6-18,22,24H,19-21H2,1-5H3,(H,31,35)/t24-/m1/s1. The summed E-state index contributed by atoms with van der Waals surface area (Å²) in [6.07, 6.45) is 0. The van der Waals surface area contributed by atoms with E-state index >= 15 is 0 Å². The van der Waals surface area contributed by atoms with Gasteiger partial charge in [-0.1, -0.05) is 67.9 Å². The predicted molar refractivity (Wildman–Crippen MR) is 153 cm³/mol. The number of rotatable bonds is 12. The zero-order valence-electron chi connectivity index (χ0n) is 23.1. The molecule has 3 rings (SSSR count). The zero-order valence-corrected chi connectivity index (χ0v) is 23.9. The molecule has 0 aliphatic rings. The van der Waals surface area contributed by atoms with Gasteiger partial charge in [0.25, 0.3) is 10.0 Å². The first kappa shape index (κ1) is 29.7. The van der Waals surface area contributed by atoms with Gasteiger partial charge in [-0.05, 0) is 49.6 Å². The first-order valence-electron chi connectivity index (χ1n) is 12.9. The second kappa shape index (κ2) is 13.3. The molecule has 8 nitrogen and oxygen atoms in total. The Labute approximate surface area is 231 Å². The van der Waals surface area contributed by atoms with Gasteiger partial charge in [-0.3, -0.25) is 13.9 Å². The number of anilines is 1. The number of sulfonamides is 1. The van der Waals surface area contributed by atoms with Crippen molar-refractivity contribution in [3.05, 3.63) is 90.0 Å². The first-order valence-corrected chi connectivity index (χ1v) is 14.3. The van der Waals surface area contributed by atoms with Crippen molar-refractivity contribution < 1.29 is 22.7 Å². The van der Waals surface area contributed by atoms with Gasteiger partial charge in [-0.15, -0.1) is 0 Å². The number of methoxy groups -OCH3 is 1. The van der Waals surface area contributed by atoms with Crippen LogP contribution < -0.4 is 14.4 Å². The Bertz CT molecular complexity index is 1360. The van der Waals surface area contributed by atoms with Crippen LogP contribution in [0.2, 0.25) is 0 Å². The van der Waals surface area contributed by atoms with E-state index in [1.165, 1.54) is 24.1 Å². The fraction of sp³-hybridized carbons (Fsp3) is 0.333. The number of nitrogens with zero attached hydrogens (tertiary/aromatic N) is 2. The van der Waals surface area contributed by atoms with Crippen LogP contribution in [-0.2, 0) is 26.2 Å². The fourth-order valence-corrected chi connectivity index (χ4v) is 5.35. The van der Waals surface area contributed by atoms with Crippen LogP contribution in [0.5, 0.6) is 5.75 Å². The molecule has 0 fully saturated rings. The molecule has 0 aliphatic carbocycles. The summed E-state index contributed by atoms with van der Waals surface area (Å²) >= 11 is 0. The summed E-state index contributed by atoms with van der Waals surface area (Å²) in [7, 11) is -2.65. The van der Waals surface area contributed by atoms with Crippen LogP contribution in [0, 0.1) is 12.8 Å². The van der Waals surface area contributed by atoms with Crippen molar-refractivity contribution in [2.24, 2.45) is 5.92 Å². The molecule has 0 aromatic heterocycles. The van der Waals surface area contributed by atoms with Gasteiger partial charge in [0.05, 0.1) is 17.7 Å². The molecule has 0 saturated heterocycles. The second-order valence-electron chi connectivity index (χ2n) is 9.85. The highest BCUT2D eigenvalue weighted by molar-refractivity contribution is 7.92. The third kappa shape index (κ3) is 7.83. The topological polar surface area (TPSA) is 96.0 Å². The van der Waals surface area contributed by atoms with Crippen molar-refractivity contribution in [2.45, 2.75) is 45.2 Å². The highest BCUT2D eigenvalue weighted by atomic mass is 32.2. The largest absolute Gasteiger partial charge is 0.497 e. The highest BCUT2D eigenvalue weighted by Gasteiger charge is 2.32. The van der Waals surface area contributed by atoms with Crippen molar-refractivity contribution in [1.82, 2.24) is 10.2 Å². The number of carbonyl (C=O) groups is 2. The molecule has 2 amide bonds. The SMILES string of the molecule is COc1cccc(N(CC(=O)N(Cc2ccccc2)[C@H](C)C(=O)NCC(C)C)S(=O)(=O)c2ccc(C)cc2)c1. The maximum Gasteiger partial charge on any atom is 0.264 e. The molecule has 0 spiro atoms. The maximum absolute atomic E-state index is 13.9. The van der Waals surface area contributed by atoms with E-state index < -0.39 is 28.5 Å². The molecule has 208 valence electrons. The Morgan fingerprint density at radius 1 is 0.923 bits per heavy atom. The molecule has 3 aromatic rings. The van der Waals surface area contributed by atoms with Gasteiger partial charge >= 0.3 is 0 Å². The molecule has 0 aliphatic heterocycles. The molecule has 39 heavy (non-hydrogen) atoms. The average Bonchev–Trinajstić information content (AvgIpc) is 2.93. The number of aryl methyl sites for hydroxylation is 1. The third-order valence-electron chi connectivity index (χ3n) is 6.28. The highest BCUT2D eigenvalue weighted by Crippen LogP contribution is 2.28. The summed E-state index contributed by atoms with van der Waals surface area (Å²) in [5.74, 6) is -0.124. The van der Waals surface area contributed by atoms with Crippen LogP contribution in [0.15, 0.2) is 83.8 Å². The van der Waals surface area contributed by atoms with Crippen LogP contribution in [0.1, 0.15) is 31.9 Å². The van der Waals surface area contributed by atoms with Crippen molar-refractivity contribution in [3.8, 4) is 5.75 Å². The summed E-state index contributed by atoms with van der Waals surface area (Å²) in [4.78, 5) is 28.4. The van der Waals surface area contributed by atoms with Gasteiger partial charge < -0.3 is 15.0 Å². The van der Waals surface area contributed by atoms with E-state index in [2.05, 4.69) is 5.32 Å². The summed E-state index contributed by atoms with van der Waals surface area (Å²) in [5.41, 5.74) is 2.01. The van der Waals surface area contributed by atoms with E-state index in [1.54, 1.807) is 43.3 Å². The first-order chi connectivity index (χ1) is 18.5. The Hall–Kier alpha value is -3.85. The van der Waals surface area contributed by atoms with Gasteiger partial charge in [-0.2, -0.15) is 0 Å².